The maximum absolute atomic E-state index is 14.6. The van der Waals surface area contributed by atoms with Crippen LogP contribution in [-0.2, 0) is 29.0 Å². The Morgan fingerprint density at radius 3 is 2.19 bits per heavy atom. The van der Waals surface area contributed by atoms with E-state index in [1.165, 1.54) is 29.2 Å². The molecule has 0 aliphatic rings. The normalized spacial score (nSPS) is 11.7. The Balaban J connectivity index is 2.01. The molecule has 7 nitrogen and oxygen atoms in total. The fraction of sp³-hybridized carbons (Fsp3) is 0.286. The number of nitrogens with zero attached hydrogens (tertiary/aromatic N) is 2. The average molecular weight is 492 g/mol. The zero-order valence-electron chi connectivity index (χ0n) is 20.4. The quantitative estimate of drug-likeness (QED) is 0.311. The van der Waals surface area contributed by atoms with Crippen molar-refractivity contribution in [1.82, 2.24) is 10.2 Å². The zero-order chi connectivity index (χ0) is 26.1. The maximum Gasteiger partial charge on any atom is 0.273 e. The molecule has 0 saturated carbocycles. The van der Waals surface area contributed by atoms with Crippen molar-refractivity contribution >= 4 is 17.5 Å². The summed E-state index contributed by atoms with van der Waals surface area (Å²) in [5.41, 5.74) is 1.13. The Labute approximate surface area is 210 Å². The summed E-state index contributed by atoms with van der Waals surface area (Å²) >= 11 is 0. The molecule has 1 atom stereocenters. The molecule has 0 aromatic heterocycles. The highest BCUT2D eigenvalue weighted by Crippen LogP contribution is 2.22. The van der Waals surface area contributed by atoms with Crippen molar-refractivity contribution in [3.8, 4) is 0 Å². The summed E-state index contributed by atoms with van der Waals surface area (Å²) in [6.45, 7) is 4.18. The van der Waals surface area contributed by atoms with Gasteiger partial charge >= 0.3 is 0 Å². The molecule has 3 aromatic rings. The average Bonchev–Trinajstić information content (AvgIpc) is 2.86. The third-order valence-electron chi connectivity index (χ3n) is 5.78. The minimum Gasteiger partial charge on any atom is -0.354 e. The molecule has 188 valence electrons. The summed E-state index contributed by atoms with van der Waals surface area (Å²) in [4.78, 5) is 39.4. The van der Waals surface area contributed by atoms with Crippen LogP contribution in [0.25, 0.3) is 0 Å². The second-order valence-corrected chi connectivity index (χ2v) is 9.02. The number of amides is 2. The number of rotatable bonds is 11. The monoisotopic (exact) mass is 491 g/mol. The first-order valence-corrected chi connectivity index (χ1v) is 11.8. The van der Waals surface area contributed by atoms with Crippen LogP contribution in [0.4, 0.5) is 10.1 Å². The van der Waals surface area contributed by atoms with E-state index in [1.807, 2.05) is 44.2 Å². The highest BCUT2D eigenvalue weighted by atomic mass is 19.1. The summed E-state index contributed by atoms with van der Waals surface area (Å²) in [5.74, 6) is -1.18. The highest BCUT2D eigenvalue weighted by molar-refractivity contribution is 5.89. The summed E-state index contributed by atoms with van der Waals surface area (Å²) in [7, 11) is 0. The molecule has 0 aliphatic carbocycles. The molecule has 0 bridgehead atoms. The molecule has 0 unspecified atom stereocenters. The molecule has 0 aliphatic heterocycles. The first-order chi connectivity index (χ1) is 17.3. The molecule has 0 spiro atoms. The van der Waals surface area contributed by atoms with Gasteiger partial charge in [0, 0.05) is 36.7 Å². The van der Waals surface area contributed by atoms with Crippen molar-refractivity contribution < 1.29 is 18.9 Å². The van der Waals surface area contributed by atoms with Crippen molar-refractivity contribution in [3.05, 3.63) is 111 Å². The van der Waals surface area contributed by atoms with Crippen molar-refractivity contribution in [2.45, 2.75) is 39.3 Å². The van der Waals surface area contributed by atoms with Gasteiger partial charge in [-0.2, -0.15) is 0 Å². The second-order valence-electron chi connectivity index (χ2n) is 9.02. The van der Waals surface area contributed by atoms with E-state index < -0.39 is 22.7 Å². The fourth-order valence-electron chi connectivity index (χ4n) is 3.89. The zero-order valence-corrected chi connectivity index (χ0v) is 20.4. The van der Waals surface area contributed by atoms with Gasteiger partial charge in [0.15, 0.2) is 0 Å². The summed E-state index contributed by atoms with van der Waals surface area (Å²) < 4.78 is 14.6. The minimum absolute atomic E-state index is 0.154. The van der Waals surface area contributed by atoms with Crippen LogP contribution >= 0.6 is 0 Å². The number of nitro groups is 1. The lowest BCUT2D eigenvalue weighted by Crippen LogP contribution is -2.51. The van der Waals surface area contributed by atoms with E-state index in [2.05, 4.69) is 5.32 Å². The van der Waals surface area contributed by atoms with Gasteiger partial charge in [0.1, 0.15) is 11.9 Å². The number of benzene rings is 3. The molecule has 2 amide bonds. The molecule has 8 heteroatoms. The molecule has 0 fully saturated rings. The van der Waals surface area contributed by atoms with E-state index in [0.29, 0.717) is 6.54 Å². The molecular weight excluding hydrogens is 461 g/mol. The molecule has 3 aromatic carbocycles. The third-order valence-corrected chi connectivity index (χ3v) is 5.78. The van der Waals surface area contributed by atoms with Gasteiger partial charge in [0.25, 0.3) is 5.69 Å². The number of nitrogens with one attached hydrogen (secondary N) is 1. The summed E-state index contributed by atoms with van der Waals surface area (Å²) in [6.07, 6.45) is -0.0871. The Morgan fingerprint density at radius 2 is 1.56 bits per heavy atom. The lowest BCUT2D eigenvalue weighted by Gasteiger charge is -2.32. The van der Waals surface area contributed by atoms with Gasteiger partial charge in [-0.05, 0) is 17.5 Å². The minimum atomic E-state index is -0.943. The Morgan fingerprint density at radius 1 is 0.944 bits per heavy atom. The van der Waals surface area contributed by atoms with Gasteiger partial charge in [-0.3, -0.25) is 19.7 Å². The largest absolute Gasteiger partial charge is 0.354 e. The van der Waals surface area contributed by atoms with Crippen LogP contribution in [-0.4, -0.2) is 34.2 Å². The van der Waals surface area contributed by atoms with Gasteiger partial charge < -0.3 is 10.2 Å². The van der Waals surface area contributed by atoms with E-state index in [1.54, 1.807) is 24.3 Å². The maximum atomic E-state index is 14.6. The van der Waals surface area contributed by atoms with Gasteiger partial charge in [-0.1, -0.05) is 80.6 Å². The van der Waals surface area contributed by atoms with Gasteiger partial charge in [0.05, 0.1) is 11.3 Å². The molecule has 0 saturated heterocycles. The van der Waals surface area contributed by atoms with Gasteiger partial charge in [0.2, 0.25) is 11.8 Å². The molecule has 0 radical (unpaired) electrons. The van der Waals surface area contributed by atoms with Crippen LogP contribution in [0.5, 0.6) is 0 Å². The van der Waals surface area contributed by atoms with Crippen LogP contribution in [0.2, 0.25) is 0 Å². The van der Waals surface area contributed by atoms with Crippen LogP contribution in [0.15, 0.2) is 78.9 Å². The Hall–Kier alpha value is -4.07. The predicted octanol–water partition coefficient (Wildman–Crippen LogP) is 4.69. The number of nitro benzene ring substituents is 1. The van der Waals surface area contributed by atoms with E-state index in [9.17, 15) is 24.1 Å². The summed E-state index contributed by atoms with van der Waals surface area (Å²) in [6, 6.07) is 20.4. The standard InChI is InChI=1S/C28H30FN3O4/c1-20(2)18-30-28(34)26(16-21-10-4-3-5-11-21)31(19-23-13-6-8-14-24(23)29)27(33)17-22-12-7-9-15-25(22)32(35)36/h3-15,20,26H,16-19H2,1-2H3,(H,30,34)/t26-/m1/s1. The van der Waals surface area contributed by atoms with Crippen molar-refractivity contribution in [2.24, 2.45) is 5.92 Å². The Bertz CT molecular complexity index is 1200. The molecule has 0 heterocycles. The molecular formula is C28H30FN3O4. The number of halogens is 1. The predicted molar refractivity (Wildman–Crippen MR) is 136 cm³/mol. The third kappa shape index (κ3) is 7.21. The van der Waals surface area contributed by atoms with Crippen LogP contribution in [0.1, 0.15) is 30.5 Å². The second kappa shape index (κ2) is 12.6. The van der Waals surface area contributed by atoms with Crippen molar-refractivity contribution in [2.75, 3.05) is 6.54 Å². The Kier molecular flexibility index (Phi) is 9.27. The molecule has 3 rings (SSSR count). The van der Waals surface area contributed by atoms with Crippen LogP contribution < -0.4 is 5.32 Å². The van der Waals surface area contributed by atoms with Gasteiger partial charge in [-0.15, -0.1) is 0 Å². The number of hydrogen-bond donors (Lipinski definition) is 1. The van der Waals surface area contributed by atoms with Crippen molar-refractivity contribution in [3.63, 3.8) is 0 Å². The lowest BCUT2D eigenvalue weighted by atomic mass is 10.0. The smallest absolute Gasteiger partial charge is 0.273 e. The van der Waals surface area contributed by atoms with Crippen molar-refractivity contribution in [1.29, 1.82) is 0 Å². The number of hydrogen-bond acceptors (Lipinski definition) is 4. The topological polar surface area (TPSA) is 92.6 Å². The number of carbonyl (C=O) groups excluding carboxylic acids is 2. The number of carbonyl (C=O) groups is 2. The van der Waals surface area contributed by atoms with E-state index >= 15 is 0 Å². The van der Waals surface area contributed by atoms with Crippen LogP contribution in [0, 0.1) is 21.8 Å². The van der Waals surface area contributed by atoms with Gasteiger partial charge in [-0.25, -0.2) is 4.39 Å². The van der Waals surface area contributed by atoms with E-state index in [-0.39, 0.29) is 48.0 Å². The molecule has 1 N–H and O–H groups in total. The lowest BCUT2D eigenvalue weighted by molar-refractivity contribution is -0.385. The van der Waals surface area contributed by atoms with E-state index in [4.69, 9.17) is 0 Å². The molecule has 36 heavy (non-hydrogen) atoms. The first kappa shape index (κ1) is 26.5. The SMILES string of the molecule is CC(C)CNC(=O)[C@@H](Cc1ccccc1)N(Cc1ccccc1F)C(=O)Cc1ccccc1[N+](=O)[O-]. The van der Waals surface area contributed by atoms with Crippen LogP contribution in [0.3, 0.4) is 0 Å². The first-order valence-electron chi connectivity index (χ1n) is 11.8. The fourth-order valence-corrected chi connectivity index (χ4v) is 3.89. The summed E-state index contributed by atoms with van der Waals surface area (Å²) in [5, 5.41) is 14.4. The van der Waals surface area contributed by atoms with E-state index in [0.717, 1.165) is 5.56 Å². The highest BCUT2D eigenvalue weighted by Gasteiger charge is 2.32. The number of para-hydroxylation sites is 1.